The van der Waals surface area contributed by atoms with Gasteiger partial charge in [0, 0.05) is 13.0 Å². The first-order valence-electron chi connectivity index (χ1n) is 7.30. The topological polar surface area (TPSA) is 76.7 Å². The van der Waals surface area contributed by atoms with E-state index in [-0.39, 0.29) is 30.0 Å². The Morgan fingerprint density at radius 2 is 1.83 bits per heavy atom. The molecule has 0 aliphatic carbocycles. The second-order valence-corrected chi connectivity index (χ2v) is 5.53. The average molecular weight is 338 g/mol. The van der Waals surface area contributed by atoms with E-state index in [1.807, 2.05) is 38.1 Å². The molecule has 0 heterocycles. The first-order valence-corrected chi connectivity index (χ1v) is 7.71. The van der Waals surface area contributed by atoms with E-state index in [0.29, 0.717) is 6.54 Å². The average Bonchev–Trinajstić information content (AvgIpc) is 2.51. The zero-order valence-electron chi connectivity index (χ0n) is 13.5. The molecule has 0 bridgehead atoms. The van der Waals surface area contributed by atoms with E-state index in [1.54, 1.807) is 0 Å². The smallest absolute Gasteiger partial charge is 0.306 e. The predicted octanol–water partition coefficient (Wildman–Crippen LogP) is 1.92. The van der Waals surface area contributed by atoms with Crippen molar-refractivity contribution in [3.63, 3.8) is 0 Å². The Morgan fingerprint density at radius 1 is 1.17 bits per heavy atom. The van der Waals surface area contributed by atoms with E-state index in [9.17, 15) is 9.59 Å². The molecule has 0 fully saturated rings. The van der Waals surface area contributed by atoms with Crippen LogP contribution in [0.5, 0.6) is 5.75 Å². The molecule has 0 aliphatic heterocycles. The normalized spacial score (nSPS) is 10.1. The minimum absolute atomic E-state index is 0.0300. The minimum atomic E-state index is -0.428. The van der Waals surface area contributed by atoms with Crippen molar-refractivity contribution in [1.82, 2.24) is 10.6 Å². The molecule has 7 heteroatoms. The second kappa shape index (κ2) is 9.78. The molecule has 0 spiro atoms. The Balaban J connectivity index is 2.32. The fourth-order valence-electron chi connectivity index (χ4n) is 1.69. The molecule has 1 rings (SSSR count). The van der Waals surface area contributed by atoms with Gasteiger partial charge in [-0.15, -0.1) is 0 Å². The zero-order chi connectivity index (χ0) is 17.2. The van der Waals surface area contributed by atoms with Gasteiger partial charge in [-0.05, 0) is 43.8 Å². The van der Waals surface area contributed by atoms with E-state index in [2.05, 4.69) is 15.4 Å². The Hall–Kier alpha value is -2.15. The maximum atomic E-state index is 11.6. The fourth-order valence-corrected chi connectivity index (χ4v) is 1.88. The van der Waals surface area contributed by atoms with Crippen LogP contribution < -0.4 is 15.4 Å². The van der Waals surface area contributed by atoms with Crippen LogP contribution in [0.25, 0.3) is 0 Å². The predicted molar refractivity (Wildman–Crippen MR) is 91.0 cm³/mol. The van der Waals surface area contributed by atoms with Gasteiger partial charge in [-0.1, -0.05) is 12.1 Å². The molecular formula is C16H22N2O4S. The monoisotopic (exact) mass is 338 g/mol. The number of hydrogen-bond donors (Lipinski definition) is 2. The van der Waals surface area contributed by atoms with E-state index in [1.165, 1.54) is 7.11 Å². The number of thiocarbonyl (C=S) groups is 1. The number of carbonyl (C=O) groups is 2. The Labute approximate surface area is 141 Å². The molecule has 1 amide bonds. The third-order valence-corrected chi connectivity index (χ3v) is 3.03. The van der Waals surface area contributed by atoms with Gasteiger partial charge in [-0.3, -0.25) is 9.59 Å². The van der Waals surface area contributed by atoms with E-state index < -0.39 is 5.97 Å². The SMILES string of the molecule is COC(=O)CCC(=O)NC(=S)NCc1ccc(OC(C)C)cc1. The number of nitrogens with one attached hydrogen (secondary N) is 2. The summed E-state index contributed by atoms with van der Waals surface area (Å²) < 4.78 is 10.0. The van der Waals surface area contributed by atoms with Crippen LogP contribution in [0.15, 0.2) is 24.3 Å². The number of carbonyl (C=O) groups excluding carboxylic acids is 2. The van der Waals surface area contributed by atoms with E-state index >= 15 is 0 Å². The number of esters is 1. The third-order valence-electron chi connectivity index (χ3n) is 2.79. The van der Waals surface area contributed by atoms with Gasteiger partial charge in [0.1, 0.15) is 5.75 Å². The molecule has 6 nitrogen and oxygen atoms in total. The van der Waals surface area contributed by atoms with Crippen LogP contribution in [0.2, 0.25) is 0 Å². The summed E-state index contributed by atoms with van der Waals surface area (Å²) in [6.45, 7) is 4.42. The van der Waals surface area contributed by atoms with Crippen molar-refractivity contribution in [2.75, 3.05) is 7.11 Å². The van der Waals surface area contributed by atoms with E-state index in [4.69, 9.17) is 17.0 Å². The molecule has 23 heavy (non-hydrogen) atoms. The van der Waals surface area contributed by atoms with Crippen molar-refractivity contribution in [2.45, 2.75) is 39.3 Å². The summed E-state index contributed by atoms with van der Waals surface area (Å²) in [6, 6.07) is 7.61. The molecule has 1 aromatic rings. The summed E-state index contributed by atoms with van der Waals surface area (Å²) in [5.41, 5.74) is 1.01. The molecule has 126 valence electrons. The highest BCUT2D eigenvalue weighted by atomic mass is 32.1. The maximum absolute atomic E-state index is 11.6. The van der Waals surface area contributed by atoms with Gasteiger partial charge in [0.15, 0.2) is 5.11 Å². The minimum Gasteiger partial charge on any atom is -0.491 e. The molecular weight excluding hydrogens is 316 g/mol. The molecule has 0 saturated heterocycles. The van der Waals surface area contributed by atoms with Crippen LogP contribution in [-0.2, 0) is 20.9 Å². The number of amides is 1. The highest BCUT2D eigenvalue weighted by Gasteiger charge is 2.08. The molecule has 0 unspecified atom stereocenters. The van der Waals surface area contributed by atoms with Crippen LogP contribution in [0.3, 0.4) is 0 Å². The number of hydrogen-bond acceptors (Lipinski definition) is 5. The van der Waals surface area contributed by atoms with Crippen LogP contribution in [0.1, 0.15) is 32.3 Å². The number of ether oxygens (including phenoxy) is 2. The molecule has 0 atom stereocenters. The number of methoxy groups -OCH3 is 1. The fraction of sp³-hybridized carbons (Fsp3) is 0.438. The van der Waals surface area contributed by atoms with Crippen molar-refractivity contribution in [1.29, 1.82) is 0 Å². The van der Waals surface area contributed by atoms with E-state index in [0.717, 1.165) is 11.3 Å². The van der Waals surface area contributed by atoms with Crippen molar-refractivity contribution < 1.29 is 19.1 Å². The van der Waals surface area contributed by atoms with Gasteiger partial charge in [0.2, 0.25) is 5.91 Å². The lowest BCUT2D eigenvalue weighted by Gasteiger charge is -2.11. The largest absolute Gasteiger partial charge is 0.491 e. The number of benzene rings is 1. The molecule has 0 saturated carbocycles. The van der Waals surface area contributed by atoms with Gasteiger partial charge in [0.05, 0.1) is 19.6 Å². The second-order valence-electron chi connectivity index (χ2n) is 5.12. The van der Waals surface area contributed by atoms with Gasteiger partial charge >= 0.3 is 5.97 Å². The molecule has 1 aromatic carbocycles. The van der Waals surface area contributed by atoms with Crippen LogP contribution >= 0.6 is 12.2 Å². The van der Waals surface area contributed by atoms with Crippen LogP contribution in [-0.4, -0.2) is 30.2 Å². The summed E-state index contributed by atoms with van der Waals surface area (Å²) in [6.07, 6.45) is 0.199. The lowest BCUT2D eigenvalue weighted by molar-refractivity contribution is -0.142. The van der Waals surface area contributed by atoms with Gasteiger partial charge in [-0.2, -0.15) is 0 Å². The van der Waals surface area contributed by atoms with Crippen molar-refractivity contribution in [3.05, 3.63) is 29.8 Å². The quantitative estimate of drug-likeness (QED) is 0.584. The van der Waals surface area contributed by atoms with Crippen molar-refractivity contribution in [3.8, 4) is 5.75 Å². The molecule has 0 aliphatic rings. The lowest BCUT2D eigenvalue weighted by Crippen LogP contribution is -2.38. The summed E-state index contributed by atoms with van der Waals surface area (Å²) >= 11 is 5.04. The molecule has 0 radical (unpaired) electrons. The maximum Gasteiger partial charge on any atom is 0.306 e. The van der Waals surface area contributed by atoms with Crippen molar-refractivity contribution >= 4 is 29.2 Å². The first-order chi connectivity index (χ1) is 10.9. The first kappa shape index (κ1) is 18.9. The lowest BCUT2D eigenvalue weighted by atomic mass is 10.2. The van der Waals surface area contributed by atoms with Gasteiger partial charge in [-0.25, -0.2) is 0 Å². The standard InChI is InChI=1S/C16H22N2O4S/c1-11(2)22-13-6-4-12(5-7-13)10-17-16(23)18-14(19)8-9-15(20)21-3/h4-7,11H,8-10H2,1-3H3,(H2,17,18,19,23). The summed E-state index contributed by atoms with van der Waals surface area (Å²) in [5.74, 6) is 0.0544. The zero-order valence-corrected chi connectivity index (χ0v) is 14.4. The third kappa shape index (κ3) is 8.15. The number of rotatable bonds is 7. The summed E-state index contributed by atoms with van der Waals surface area (Å²) in [5, 5.41) is 5.67. The Morgan fingerprint density at radius 3 is 2.39 bits per heavy atom. The van der Waals surface area contributed by atoms with Crippen molar-refractivity contribution in [2.24, 2.45) is 0 Å². The van der Waals surface area contributed by atoms with Gasteiger partial charge < -0.3 is 20.1 Å². The van der Waals surface area contributed by atoms with Crippen LogP contribution in [0.4, 0.5) is 0 Å². The van der Waals surface area contributed by atoms with Crippen LogP contribution in [0, 0.1) is 0 Å². The molecule has 0 aromatic heterocycles. The summed E-state index contributed by atoms with van der Waals surface area (Å²) in [4.78, 5) is 22.5. The van der Waals surface area contributed by atoms with Gasteiger partial charge in [0.25, 0.3) is 0 Å². The Kier molecular flexibility index (Phi) is 8.04. The highest BCUT2D eigenvalue weighted by molar-refractivity contribution is 7.80. The Bertz CT molecular complexity index is 544. The molecule has 2 N–H and O–H groups in total. The highest BCUT2D eigenvalue weighted by Crippen LogP contribution is 2.13. The summed E-state index contributed by atoms with van der Waals surface area (Å²) in [7, 11) is 1.28.